The minimum Gasteiger partial charge on any atom is -0.344 e. The largest absolute Gasteiger partial charge is 0.344 e. The van der Waals surface area contributed by atoms with Crippen molar-refractivity contribution >= 4 is 0 Å². The van der Waals surface area contributed by atoms with Crippen LogP contribution in [0.4, 0.5) is 0 Å². The molecule has 0 unspecified atom stereocenters. The van der Waals surface area contributed by atoms with Crippen molar-refractivity contribution in [1.82, 2.24) is 0 Å². The summed E-state index contributed by atoms with van der Waals surface area (Å²) >= 11 is 0. The van der Waals surface area contributed by atoms with Gasteiger partial charge in [0.05, 0.1) is 0 Å². The van der Waals surface area contributed by atoms with E-state index in [1.165, 1.54) is 12.8 Å². The minimum atomic E-state index is -2.47. The first-order valence-electron chi connectivity index (χ1n) is 5.43. The van der Waals surface area contributed by atoms with Gasteiger partial charge in [0.2, 0.25) is 0 Å². The Hall–Kier alpha value is -0.160. The molecule has 0 atom stereocenters. The lowest BCUT2D eigenvalue weighted by Gasteiger charge is -2.12. The number of nitrogens with two attached hydrogens (primary N) is 1. The van der Waals surface area contributed by atoms with Crippen molar-refractivity contribution in [2.45, 2.75) is 57.3 Å². The molecular weight excluding hydrogens is 182 g/mol. The monoisotopic (exact) mass is 205 g/mol. The van der Waals surface area contributed by atoms with Gasteiger partial charge < -0.3 is 21.1 Å². The Balaban J connectivity index is 2.99. The molecule has 0 aliphatic heterocycles. The molecule has 0 amide bonds. The summed E-state index contributed by atoms with van der Waals surface area (Å²) in [5.41, 5.74) is 5.36. The van der Waals surface area contributed by atoms with Gasteiger partial charge in [0.1, 0.15) is 0 Å². The number of aliphatic hydroxyl groups is 3. The van der Waals surface area contributed by atoms with Gasteiger partial charge in [0, 0.05) is 6.42 Å². The van der Waals surface area contributed by atoms with Gasteiger partial charge in [-0.25, -0.2) is 0 Å². The van der Waals surface area contributed by atoms with Crippen LogP contribution >= 0.6 is 0 Å². The Morgan fingerprint density at radius 3 is 1.57 bits per heavy atom. The summed E-state index contributed by atoms with van der Waals surface area (Å²) in [7, 11) is 0. The van der Waals surface area contributed by atoms with Crippen molar-refractivity contribution in [1.29, 1.82) is 0 Å². The van der Waals surface area contributed by atoms with Crippen LogP contribution in [-0.4, -0.2) is 27.8 Å². The van der Waals surface area contributed by atoms with E-state index >= 15 is 0 Å². The summed E-state index contributed by atoms with van der Waals surface area (Å²) in [4.78, 5) is 0. The molecule has 86 valence electrons. The highest BCUT2D eigenvalue weighted by Gasteiger charge is 2.16. The van der Waals surface area contributed by atoms with Gasteiger partial charge in [-0.15, -0.1) is 0 Å². The van der Waals surface area contributed by atoms with Gasteiger partial charge in [-0.05, 0) is 19.4 Å². The zero-order chi connectivity index (χ0) is 10.9. The molecule has 0 saturated carbocycles. The smallest absolute Gasteiger partial charge is 0.275 e. The van der Waals surface area contributed by atoms with E-state index in [1.54, 1.807) is 0 Å². The van der Waals surface area contributed by atoms with Crippen LogP contribution in [0.2, 0.25) is 0 Å². The normalized spacial score (nSPS) is 12.0. The van der Waals surface area contributed by atoms with Crippen molar-refractivity contribution in [3.8, 4) is 0 Å². The van der Waals surface area contributed by atoms with Crippen LogP contribution in [0.25, 0.3) is 0 Å². The summed E-state index contributed by atoms with van der Waals surface area (Å²) in [6.07, 6.45) is 7.34. The van der Waals surface area contributed by atoms with Crippen molar-refractivity contribution < 1.29 is 15.3 Å². The Morgan fingerprint density at radius 1 is 0.714 bits per heavy atom. The van der Waals surface area contributed by atoms with E-state index in [9.17, 15) is 0 Å². The number of hydrogen-bond donors (Lipinski definition) is 4. The third-order valence-corrected chi connectivity index (χ3v) is 2.22. The fraction of sp³-hybridized carbons (Fsp3) is 1.00. The molecule has 0 aromatic rings. The summed E-state index contributed by atoms with van der Waals surface area (Å²) in [5, 5.41) is 25.8. The molecule has 0 aromatic carbocycles. The van der Waals surface area contributed by atoms with Gasteiger partial charge in [0.25, 0.3) is 5.97 Å². The maximum absolute atomic E-state index is 8.59. The van der Waals surface area contributed by atoms with Gasteiger partial charge in [-0.3, -0.25) is 0 Å². The predicted octanol–water partition coefficient (Wildman–Crippen LogP) is 0.697. The maximum Gasteiger partial charge on any atom is 0.275 e. The van der Waals surface area contributed by atoms with E-state index in [-0.39, 0.29) is 6.42 Å². The zero-order valence-corrected chi connectivity index (χ0v) is 8.78. The van der Waals surface area contributed by atoms with Crippen LogP contribution in [0.5, 0.6) is 0 Å². The molecule has 4 nitrogen and oxygen atoms in total. The van der Waals surface area contributed by atoms with Crippen LogP contribution in [-0.2, 0) is 0 Å². The third-order valence-electron chi connectivity index (χ3n) is 2.22. The molecular formula is C10H23NO3. The van der Waals surface area contributed by atoms with Gasteiger partial charge in [-0.2, -0.15) is 0 Å². The van der Waals surface area contributed by atoms with Crippen molar-refractivity contribution in [2.24, 2.45) is 5.73 Å². The molecule has 0 aliphatic rings. The van der Waals surface area contributed by atoms with Crippen molar-refractivity contribution in [3.63, 3.8) is 0 Å². The molecule has 0 bridgehead atoms. The average molecular weight is 205 g/mol. The first-order valence-corrected chi connectivity index (χ1v) is 5.43. The minimum absolute atomic E-state index is 0.0375. The van der Waals surface area contributed by atoms with Gasteiger partial charge in [-0.1, -0.05) is 32.1 Å². The average Bonchev–Trinajstić information content (AvgIpc) is 2.08. The summed E-state index contributed by atoms with van der Waals surface area (Å²) in [5.74, 6) is -2.47. The number of unbranched alkanes of at least 4 members (excludes halogenated alkanes) is 6. The fourth-order valence-corrected chi connectivity index (χ4v) is 1.39. The van der Waals surface area contributed by atoms with Crippen molar-refractivity contribution in [3.05, 3.63) is 0 Å². The Morgan fingerprint density at radius 2 is 1.14 bits per heavy atom. The lowest BCUT2D eigenvalue weighted by atomic mass is 10.1. The quantitative estimate of drug-likeness (QED) is 0.329. The predicted molar refractivity (Wildman–Crippen MR) is 55.4 cm³/mol. The van der Waals surface area contributed by atoms with Crippen LogP contribution < -0.4 is 5.73 Å². The van der Waals surface area contributed by atoms with E-state index in [0.717, 1.165) is 32.2 Å². The van der Waals surface area contributed by atoms with Gasteiger partial charge >= 0.3 is 0 Å². The molecule has 14 heavy (non-hydrogen) atoms. The van der Waals surface area contributed by atoms with E-state index in [2.05, 4.69) is 0 Å². The second kappa shape index (κ2) is 8.17. The fourth-order valence-electron chi connectivity index (χ4n) is 1.39. The molecule has 0 fully saturated rings. The first-order chi connectivity index (χ1) is 6.56. The lowest BCUT2D eigenvalue weighted by molar-refractivity contribution is -0.315. The molecule has 0 spiro atoms. The highest BCUT2D eigenvalue weighted by atomic mass is 16.7. The van der Waals surface area contributed by atoms with E-state index < -0.39 is 5.97 Å². The molecule has 0 saturated heterocycles. The Kier molecular flexibility index (Phi) is 8.08. The second-order valence-corrected chi connectivity index (χ2v) is 3.79. The molecule has 0 rings (SSSR count). The lowest BCUT2D eigenvalue weighted by Crippen LogP contribution is -2.26. The van der Waals surface area contributed by atoms with E-state index in [4.69, 9.17) is 21.1 Å². The molecule has 0 radical (unpaired) electrons. The molecule has 0 aromatic heterocycles. The highest BCUT2D eigenvalue weighted by molar-refractivity contribution is 4.50. The second-order valence-electron chi connectivity index (χ2n) is 3.79. The Labute approximate surface area is 85.7 Å². The third kappa shape index (κ3) is 11.8. The van der Waals surface area contributed by atoms with E-state index in [1.807, 2.05) is 0 Å². The zero-order valence-electron chi connectivity index (χ0n) is 8.78. The molecule has 4 heteroatoms. The highest BCUT2D eigenvalue weighted by Crippen LogP contribution is 2.11. The van der Waals surface area contributed by atoms with Crippen LogP contribution in [0.15, 0.2) is 0 Å². The molecule has 0 aliphatic carbocycles. The summed E-state index contributed by atoms with van der Waals surface area (Å²) in [6, 6.07) is 0. The van der Waals surface area contributed by atoms with E-state index in [0.29, 0.717) is 6.42 Å². The first kappa shape index (κ1) is 13.8. The molecule has 5 N–H and O–H groups in total. The maximum atomic E-state index is 8.59. The number of hydrogen-bond acceptors (Lipinski definition) is 4. The topological polar surface area (TPSA) is 86.7 Å². The molecule has 0 heterocycles. The van der Waals surface area contributed by atoms with Crippen molar-refractivity contribution in [2.75, 3.05) is 6.54 Å². The standard InChI is InChI=1S/C10H23NO3/c11-9-7-5-3-1-2-4-6-8-10(12,13)14/h12-14H,1-9,11H2. The Bertz CT molecular complexity index is 123. The SMILES string of the molecule is NCCCCCCCCCC(O)(O)O. The van der Waals surface area contributed by atoms with Crippen LogP contribution in [0.3, 0.4) is 0 Å². The number of rotatable bonds is 9. The summed E-state index contributed by atoms with van der Waals surface area (Å²) < 4.78 is 0. The summed E-state index contributed by atoms with van der Waals surface area (Å²) in [6.45, 7) is 0.766. The van der Waals surface area contributed by atoms with Crippen LogP contribution in [0, 0.1) is 0 Å². The van der Waals surface area contributed by atoms with Crippen LogP contribution in [0.1, 0.15) is 51.4 Å². The van der Waals surface area contributed by atoms with Gasteiger partial charge in [0.15, 0.2) is 0 Å².